The SMILES string of the molecule is CCC(=O)N(CCn1ccnc1)Cc1ccccc1Br. The van der Waals surface area contributed by atoms with Crippen LogP contribution in [0.5, 0.6) is 0 Å². The van der Waals surface area contributed by atoms with Gasteiger partial charge >= 0.3 is 0 Å². The molecule has 5 heteroatoms. The number of aromatic nitrogens is 2. The lowest BCUT2D eigenvalue weighted by atomic mass is 10.2. The summed E-state index contributed by atoms with van der Waals surface area (Å²) in [5, 5.41) is 0. The van der Waals surface area contributed by atoms with E-state index in [0.29, 0.717) is 19.5 Å². The van der Waals surface area contributed by atoms with Gasteiger partial charge < -0.3 is 9.47 Å². The summed E-state index contributed by atoms with van der Waals surface area (Å²) in [6, 6.07) is 8.01. The highest BCUT2D eigenvalue weighted by molar-refractivity contribution is 9.10. The molecule has 0 N–H and O–H groups in total. The zero-order valence-electron chi connectivity index (χ0n) is 11.5. The highest BCUT2D eigenvalue weighted by Gasteiger charge is 2.13. The zero-order chi connectivity index (χ0) is 14.4. The maximum absolute atomic E-state index is 12.1. The number of carbonyl (C=O) groups excluding carboxylic acids is 1. The van der Waals surface area contributed by atoms with Gasteiger partial charge in [-0.15, -0.1) is 0 Å². The van der Waals surface area contributed by atoms with Gasteiger partial charge in [-0.3, -0.25) is 4.79 Å². The van der Waals surface area contributed by atoms with Crippen LogP contribution in [0.3, 0.4) is 0 Å². The van der Waals surface area contributed by atoms with Crippen LogP contribution >= 0.6 is 15.9 Å². The molecular weight excluding hydrogens is 318 g/mol. The lowest BCUT2D eigenvalue weighted by Crippen LogP contribution is -2.32. The van der Waals surface area contributed by atoms with Gasteiger partial charge in [-0.05, 0) is 11.6 Å². The molecule has 106 valence electrons. The summed E-state index contributed by atoms with van der Waals surface area (Å²) in [5.74, 6) is 0.167. The fourth-order valence-electron chi connectivity index (χ4n) is 2.00. The van der Waals surface area contributed by atoms with Crippen LogP contribution in [0.15, 0.2) is 47.5 Å². The van der Waals surface area contributed by atoms with Crippen LogP contribution in [-0.2, 0) is 17.9 Å². The van der Waals surface area contributed by atoms with Crippen LogP contribution in [0.4, 0.5) is 0 Å². The predicted octanol–water partition coefficient (Wildman–Crippen LogP) is 3.08. The molecule has 2 aromatic rings. The smallest absolute Gasteiger partial charge is 0.222 e. The first kappa shape index (κ1) is 14.8. The molecule has 4 nitrogen and oxygen atoms in total. The second kappa shape index (κ2) is 7.24. The largest absolute Gasteiger partial charge is 0.337 e. The minimum atomic E-state index is 0.167. The van der Waals surface area contributed by atoms with Crippen molar-refractivity contribution >= 4 is 21.8 Å². The number of rotatable bonds is 6. The first-order valence-electron chi connectivity index (χ1n) is 6.67. The van der Waals surface area contributed by atoms with Gasteiger partial charge in [-0.25, -0.2) is 4.98 Å². The topological polar surface area (TPSA) is 38.1 Å². The molecule has 2 rings (SSSR count). The number of halogens is 1. The zero-order valence-corrected chi connectivity index (χ0v) is 13.1. The standard InChI is InChI=1S/C15H18BrN3O/c1-2-15(20)19(10-9-18-8-7-17-12-18)11-13-5-3-4-6-14(13)16/h3-8,12H,2,9-11H2,1H3. The van der Waals surface area contributed by atoms with Gasteiger partial charge in [0.15, 0.2) is 0 Å². The van der Waals surface area contributed by atoms with Gasteiger partial charge in [-0.2, -0.15) is 0 Å². The molecule has 1 aromatic heterocycles. The third-order valence-electron chi connectivity index (χ3n) is 3.16. The maximum atomic E-state index is 12.1. The minimum Gasteiger partial charge on any atom is -0.337 e. The predicted molar refractivity (Wildman–Crippen MR) is 82.1 cm³/mol. The quantitative estimate of drug-likeness (QED) is 0.813. The van der Waals surface area contributed by atoms with Crippen molar-refractivity contribution in [2.75, 3.05) is 6.54 Å². The van der Waals surface area contributed by atoms with Gasteiger partial charge in [-0.1, -0.05) is 41.1 Å². The lowest BCUT2D eigenvalue weighted by molar-refractivity contribution is -0.131. The Balaban J connectivity index is 2.04. The summed E-state index contributed by atoms with van der Waals surface area (Å²) in [6.07, 6.45) is 5.95. The Morgan fingerprint density at radius 2 is 2.20 bits per heavy atom. The first-order chi connectivity index (χ1) is 9.70. The van der Waals surface area contributed by atoms with Crippen molar-refractivity contribution in [3.8, 4) is 0 Å². The number of carbonyl (C=O) groups is 1. The molecule has 0 spiro atoms. The van der Waals surface area contributed by atoms with E-state index in [-0.39, 0.29) is 5.91 Å². The second-order valence-corrected chi connectivity index (χ2v) is 5.42. The third kappa shape index (κ3) is 3.93. The Morgan fingerprint density at radius 3 is 2.85 bits per heavy atom. The molecule has 1 aromatic carbocycles. The molecule has 0 aliphatic heterocycles. The van der Waals surface area contributed by atoms with E-state index in [1.807, 2.05) is 46.9 Å². The highest BCUT2D eigenvalue weighted by atomic mass is 79.9. The fourth-order valence-corrected chi connectivity index (χ4v) is 2.41. The molecule has 1 heterocycles. The van der Waals surface area contributed by atoms with Crippen molar-refractivity contribution < 1.29 is 4.79 Å². The average Bonchev–Trinajstić information content (AvgIpc) is 2.97. The summed E-state index contributed by atoms with van der Waals surface area (Å²) in [5.41, 5.74) is 1.12. The van der Waals surface area contributed by atoms with Crippen LogP contribution in [-0.4, -0.2) is 26.9 Å². The number of hydrogen-bond acceptors (Lipinski definition) is 2. The van der Waals surface area contributed by atoms with Crippen molar-refractivity contribution in [1.82, 2.24) is 14.5 Å². The van der Waals surface area contributed by atoms with E-state index in [4.69, 9.17) is 0 Å². The van der Waals surface area contributed by atoms with E-state index in [9.17, 15) is 4.79 Å². The Hall–Kier alpha value is -1.62. The maximum Gasteiger partial charge on any atom is 0.222 e. The highest BCUT2D eigenvalue weighted by Crippen LogP contribution is 2.18. The summed E-state index contributed by atoms with van der Waals surface area (Å²) in [7, 11) is 0. The lowest BCUT2D eigenvalue weighted by Gasteiger charge is -2.23. The van der Waals surface area contributed by atoms with E-state index in [1.165, 1.54) is 0 Å². The van der Waals surface area contributed by atoms with Crippen LogP contribution in [0.25, 0.3) is 0 Å². The third-order valence-corrected chi connectivity index (χ3v) is 3.94. The normalized spacial score (nSPS) is 10.5. The molecule has 1 amide bonds. The van der Waals surface area contributed by atoms with Crippen molar-refractivity contribution in [1.29, 1.82) is 0 Å². The Labute approximate surface area is 127 Å². The molecular formula is C15H18BrN3O. The van der Waals surface area contributed by atoms with Crippen LogP contribution in [0.1, 0.15) is 18.9 Å². The van der Waals surface area contributed by atoms with E-state index in [2.05, 4.69) is 20.9 Å². The number of imidazole rings is 1. The molecule has 0 saturated carbocycles. The van der Waals surface area contributed by atoms with Gasteiger partial charge in [0.25, 0.3) is 0 Å². The Bertz CT molecular complexity index is 554. The average molecular weight is 336 g/mol. The summed E-state index contributed by atoms with van der Waals surface area (Å²) < 4.78 is 3.02. The van der Waals surface area contributed by atoms with Gasteiger partial charge in [0, 0.05) is 42.9 Å². The van der Waals surface area contributed by atoms with Crippen molar-refractivity contribution in [3.63, 3.8) is 0 Å². The van der Waals surface area contributed by atoms with Crippen molar-refractivity contribution in [3.05, 3.63) is 53.0 Å². The second-order valence-electron chi connectivity index (χ2n) is 4.56. The minimum absolute atomic E-state index is 0.167. The number of amides is 1. The van der Waals surface area contributed by atoms with Crippen LogP contribution < -0.4 is 0 Å². The van der Waals surface area contributed by atoms with Crippen molar-refractivity contribution in [2.24, 2.45) is 0 Å². The van der Waals surface area contributed by atoms with E-state index < -0.39 is 0 Å². The molecule has 0 aliphatic carbocycles. The molecule has 0 atom stereocenters. The molecule has 0 radical (unpaired) electrons. The monoisotopic (exact) mass is 335 g/mol. The van der Waals surface area contributed by atoms with E-state index in [0.717, 1.165) is 16.6 Å². The summed E-state index contributed by atoms with van der Waals surface area (Å²) in [6.45, 7) is 3.97. The Morgan fingerprint density at radius 1 is 1.40 bits per heavy atom. The van der Waals surface area contributed by atoms with E-state index >= 15 is 0 Å². The van der Waals surface area contributed by atoms with Crippen LogP contribution in [0, 0.1) is 0 Å². The summed E-state index contributed by atoms with van der Waals surface area (Å²) >= 11 is 3.53. The number of benzene rings is 1. The number of nitrogens with zero attached hydrogens (tertiary/aromatic N) is 3. The van der Waals surface area contributed by atoms with Gasteiger partial charge in [0.2, 0.25) is 5.91 Å². The molecule has 0 unspecified atom stereocenters. The van der Waals surface area contributed by atoms with Crippen LogP contribution in [0.2, 0.25) is 0 Å². The molecule has 0 bridgehead atoms. The van der Waals surface area contributed by atoms with Crippen molar-refractivity contribution in [2.45, 2.75) is 26.4 Å². The molecule has 0 saturated heterocycles. The Kier molecular flexibility index (Phi) is 5.35. The molecule has 0 aliphatic rings. The molecule has 0 fully saturated rings. The number of hydrogen-bond donors (Lipinski definition) is 0. The van der Waals surface area contributed by atoms with Gasteiger partial charge in [0.1, 0.15) is 0 Å². The van der Waals surface area contributed by atoms with E-state index in [1.54, 1.807) is 12.5 Å². The van der Waals surface area contributed by atoms with Gasteiger partial charge in [0.05, 0.1) is 6.33 Å². The first-order valence-corrected chi connectivity index (χ1v) is 7.47. The summed E-state index contributed by atoms with van der Waals surface area (Å²) in [4.78, 5) is 18.0. The fraction of sp³-hybridized carbons (Fsp3) is 0.333. The molecule has 20 heavy (non-hydrogen) atoms.